The SMILES string of the molecule is COCCN1CC(=O)N(Cc2nnc(C)s2)[C@H](Cc2ccccc2)C1=O. The van der Waals surface area contributed by atoms with Gasteiger partial charge in [0.25, 0.3) is 0 Å². The van der Waals surface area contributed by atoms with E-state index in [-0.39, 0.29) is 18.4 Å². The number of ether oxygens (including phenoxy) is 1. The molecule has 1 saturated heterocycles. The molecule has 0 saturated carbocycles. The summed E-state index contributed by atoms with van der Waals surface area (Å²) in [5, 5.41) is 9.71. The molecule has 26 heavy (non-hydrogen) atoms. The largest absolute Gasteiger partial charge is 0.383 e. The molecule has 0 radical (unpaired) electrons. The van der Waals surface area contributed by atoms with Crippen molar-refractivity contribution in [2.75, 3.05) is 26.8 Å². The number of hydrogen-bond acceptors (Lipinski definition) is 6. The van der Waals surface area contributed by atoms with Crippen LogP contribution in [0.25, 0.3) is 0 Å². The summed E-state index contributed by atoms with van der Waals surface area (Å²) in [6.45, 7) is 3.08. The van der Waals surface area contributed by atoms with Crippen LogP contribution in [0.5, 0.6) is 0 Å². The van der Waals surface area contributed by atoms with E-state index in [4.69, 9.17) is 4.74 Å². The number of rotatable bonds is 7. The van der Waals surface area contributed by atoms with Gasteiger partial charge in [-0.2, -0.15) is 0 Å². The maximum Gasteiger partial charge on any atom is 0.246 e. The van der Waals surface area contributed by atoms with Crippen molar-refractivity contribution in [1.82, 2.24) is 20.0 Å². The predicted molar refractivity (Wildman–Crippen MR) is 97.6 cm³/mol. The van der Waals surface area contributed by atoms with E-state index < -0.39 is 6.04 Å². The third kappa shape index (κ3) is 4.25. The maximum absolute atomic E-state index is 13.0. The Kier molecular flexibility index (Phi) is 5.95. The molecule has 1 aliphatic rings. The van der Waals surface area contributed by atoms with E-state index in [2.05, 4.69) is 10.2 Å². The minimum absolute atomic E-state index is 0.0493. The fraction of sp³-hybridized carbons (Fsp3) is 0.444. The Bertz CT molecular complexity index is 765. The highest BCUT2D eigenvalue weighted by molar-refractivity contribution is 7.11. The summed E-state index contributed by atoms with van der Waals surface area (Å²) in [7, 11) is 1.59. The summed E-state index contributed by atoms with van der Waals surface area (Å²) < 4.78 is 5.07. The van der Waals surface area contributed by atoms with Gasteiger partial charge in [-0.1, -0.05) is 41.7 Å². The third-order valence-electron chi connectivity index (χ3n) is 4.33. The van der Waals surface area contributed by atoms with Gasteiger partial charge in [0.15, 0.2) is 0 Å². The van der Waals surface area contributed by atoms with Crippen LogP contribution in [0.2, 0.25) is 0 Å². The highest BCUT2D eigenvalue weighted by Crippen LogP contribution is 2.21. The lowest BCUT2D eigenvalue weighted by atomic mass is 10.0. The van der Waals surface area contributed by atoms with Crippen molar-refractivity contribution < 1.29 is 14.3 Å². The number of aryl methyl sites for hydroxylation is 1. The normalized spacial score (nSPS) is 17.8. The standard InChI is InChI=1S/C18H22N4O3S/c1-13-19-20-16(26-13)11-22-15(10-14-6-4-3-5-7-14)18(24)21(8-9-25-2)12-17(22)23/h3-7,15H,8-12H2,1-2H3/t15-/m1/s1. The number of methoxy groups -OCH3 is 1. The summed E-state index contributed by atoms with van der Waals surface area (Å²) in [6, 6.07) is 9.21. The van der Waals surface area contributed by atoms with Crippen molar-refractivity contribution in [1.29, 1.82) is 0 Å². The van der Waals surface area contributed by atoms with Crippen molar-refractivity contribution in [2.24, 2.45) is 0 Å². The molecule has 0 spiro atoms. The fourth-order valence-corrected chi connectivity index (χ4v) is 3.73. The Morgan fingerprint density at radius 3 is 2.65 bits per heavy atom. The van der Waals surface area contributed by atoms with Gasteiger partial charge in [-0.05, 0) is 12.5 Å². The number of amides is 2. The zero-order chi connectivity index (χ0) is 18.5. The molecule has 2 amide bonds. The highest BCUT2D eigenvalue weighted by Gasteiger charge is 2.39. The van der Waals surface area contributed by atoms with Crippen LogP contribution in [0.3, 0.4) is 0 Å². The van der Waals surface area contributed by atoms with Crippen LogP contribution in [-0.2, 0) is 27.3 Å². The Morgan fingerprint density at radius 2 is 2.00 bits per heavy atom. The first-order valence-electron chi connectivity index (χ1n) is 8.48. The lowest BCUT2D eigenvalue weighted by molar-refractivity contribution is -0.157. The molecular weight excluding hydrogens is 352 g/mol. The van der Waals surface area contributed by atoms with E-state index in [0.29, 0.717) is 26.1 Å². The predicted octanol–water partition coefficient (Wildman–Crippen LogP) is 1.28. The Labute approximate surface area is 156 Å². The lowest BCUT2D eigenvalue weighted by Gasteiger charge is -2.40. The molecule has 1 atom stereocenters. The molecule has 1 aromatic heterocycles. The van der Waals surface area contributed by atoms with Crippen molar-refractivity contribution in [3.8, 4) is 0 Å². The zero-order valence-corrected chi connectivity index (χ0v) is 15.7. The molecule has 8 heteroatoms. The second-order valence-corrected chi connectivity index (χ2v) is 7.46. The van der Waals surface area contributed by atoms with E-state index in [9.17, 15) is 9.59 Å². The van der Waals surface area contributed by atoms with Gasteiger partial charge in [-0.3, -0.25) is 9.59 Å². The van der Waals surface area contributed by atoms with E-state index >= 15 is 0 Å². The van der Waals surface area contributed by atoms with E-state index in [1.165, 1.54) is 11.3 Å². The van der Waals surface area contributed by atoms with Gasteiger partial charge >= 0.3 is 0 Å². The third-order valence-corrected chi connectivity index (χ3v) is 5.15. The molecule has 1 fully saturated rings. The van der Waals surface area contributed by atoms with Gasteiger partial charge in [0.1, 0.15) is 16.1 Å². The number of carbonyl (C=O) groups is 2. The second-order valence-electron chi connectivity index (χ2n) is 6.19. The number of piperazine rings is 1. The average molecular weight is 374 g/mol. The molecule has 3 rings (SSSR count). The number of carbonyl (C=O) groups excluding carboxylic acids is 2. The van der Waals surface area contributed by atoms with Crippen LogP contribution < -0.4 is 0 Å². The van der Waals surface area contributed by atoms with Crippen LogP contribution >= 0.6 is 11.3 Å². The topological polar surface area (TPSA) is 75.6 Å². The van der Waals surface area contributed by atoms with Crippen LogP contribution in [0, 0.1) is 6.92 Å². The first kappa shape index (κ1) is 18.5. The first-order chi connectivity index (χ1) is 12.6. The molecule has 0 bridgehead atoms. The molecule has 2 aromatic rings. The van der Waals surface area contributed by atoms with Crippen LogP contribution in [0.4, 0.5) is 0 Å². The summed E-state index contributed by atoms with van der Waals surface area (Å²) in [5.74, 6) is -0.124. The quantitative estimate of drug-likeness (QED) is 0.730. The maximum atomic E-state index is 13.0. The van der Waals surface area contributed by atoms with Gasteiger partial charge in [0.2, 0.25) is 11.8 Å². The molecule has 0 unspecified atom stereocenters. The molecule has 1 aromatic carbocycles. The van der Waals surface area contributed by atoms with Gasteiger partial charge in [0.05, 0.1) is 19.7 Å². The molecule has 0 N–H and O–H groups in total. The minimum atomic E-state index is -0.542. The summed E-state index contributed by atoms with van der Waals surface area (Å²) in [5.41, 5.74) is 1.02. The Balaban J connectivity index is 1.84. The van der Waals surface area contributed by atoms with E-state index in [1.807, 2.05) is 37.3 Å². The van der Waals surface area contributed by atoms with Crippen LogP contribution in [0.15, 0.2) is 30.3 Å². The minimum Gasteiger partial charge on any atom is -0.383 e. The molecule has 1 aliphatic heterocycles. The van der Waals surface area contributed by atoms with Gasteiger partial charge in [-0.25, -0.2) is 0 Å². The molecular formula is C18H22N4O3S. The Morgan fingerprint density at radius 1 is 1.23 bits per heavy atom. The zero-order valence-electron chi connectivity index (χ0n) is 14.9. The molecule has 0 aliphatic carbocycles. The average Bonchev–Trinajstić information content (AvgIpc) is 3.05. The van der Waals surface area contributed by atoms with Gasteiger partial charge in [-0.15, -0.1) is 10.2 Å². The number of benzene rings is 1. The van der Waals surface area contributed by atoms with Crippen LogP contribution in [0.1, 0.15) is 15.6 Å². The van der Waals surface area contributed by atoms with Gasteiger partial charge < -0.3 is 14.5 Å². The van der Waals surface area contributed by atoms with Gasteiger partial charge in [0, 0.05) is 20.1 Å². The monoisotopic (exact) mass is 374 g/mol. The number of aromatic nitrogens is 2. The van der Waals surface area contributed by atoms with E-state index in [0.717, 1.165) is 15.6 Å². The second kappa shape index (κ2) is 8.37. The van der Waals surface area contributed by atoms with Crippen LogP contribution in [-0.4, -0.2) is 64.7 Å². The highest BCUT2D eigenvalue weighted by atomic mass is 32.1. The Hall–Kier alpha value is -2.32. The summed E-state index contributed by atoms with van der Waals surface area (Å²) >= 11 is 1.45. The number of hydrogen-bond donors (Lipinski definition) is 0. The lowest BCUT2D eigenvalue weighted by Crippen LogP contribution is -2.60. The fourth-order valence-electron chi connectivity index (χ4n) is 3.02. The van der Waals surface area contributed by atoms with Crippen molar-refractivity contribution in [2.45, 2.75) is 25.9 Å². The van der Waals surface area contributed by atoms with Crippen molar-refractivity contribution in [3.63, 3.8) is 0 Å². The van der Waals surface area contributed by atoms with E-state index in [1.54, 1.807) is 16.9 Å². The smallest absolute Gasteiger partial charge is 0.246 e. The van der Waals surface area contributed by atoms with Crippen molar-refractivity contribution >= 4 is 23.2 Å². The molecule has 7 nitrogen and oxygen atoms in total. The number of nitrogens with zero attached hydrogens (tertiary/aromatic N) is 4. The molecule has 2 heterocycles. The van der Waals surface area contributed by atoms with Crippen molar-refractivity contribution in [3.05, 3.63) is 45.9 Å². The first-order valence-corrected chi connectivity index (χ1v) is 9.30. The summed E-state index contributed by atoms with van der Waals surface area (Å²) in [6.07, 6.45) is 0.479. The molecule has 138 valence electrons. The summed E-state index contributed by atoms with van der Waals surface area (Å²) in [4.78, 5) is 29.0.